The van der Waals surface area contributed by atoms with Gasteiger partial charge in [-0.3, -0.25) is 9.28 Å². The number of allylic oxidation sites excluding steroid dienone is 3. The van der Waals surface area contributed by atoms with Crippen LogP contribution in [0.3, 0.4) is 0 Å². The molecule has 214 valence electrons. The zero-order chi connectivity index (χ0) is 29.4. The molecule has 4 rings (SSSR count). The third kappa shape index (κ3) is 8.78. The number of quaternary nitrogens is 1. The van der Waals surface area contributed by atoms with E-state index in [-0.39, 0.29) is 6.04 Å². The van der Waals surface area contributed by atoms with Crippen LogP contribution in [0.15, 0.2) is 66.3 Å². The number of carbonyl (C=O) groups is 1. The Morgan fingerprint density at radius 3 is 2.10 bits per heavy atom. The Labute approximate surface area is 238 Å². The van der Waals surface area contributed by atoms with Gasteiger partial charge in [0.25, 0.3) is 0 Å². The third-order valence-corrected chi connectivity index (χ3v) is 7.13. The van der Waals surface area contributed by atoms with Gasteiger partial charge in [-0.2, -0.15) is 0 Å². The fraction of sp³-hybridized carbons (Fsp3) is 0.457. The highest BCUT2D eigenvalue weighted by molar-refractivity contribution is 6.12. The van der Waals surface area contributed by atoms with Crippen LogP contribution < -0.4 is 15.0 Å². The van der Waals surface area contributed by atoms with Gasteiger partial charge in [0.2, 0.25) is 0 Å². The van der Waals surface area contributed by atoms with Crippen LogP contribution in [0.1, 0.15) is 75.6 Å². The van der Waals surface area contributed by atoms with Crippen molar-refractivity contribution in [2.45, 2.75) is 80.2 Å². The lowest BCUT2D eigenvalue weighted by Crippen LogP contribution is -2.56. The summed E-state index contributed by atoms with van der Waals surface area (Å²) in [6, 6.07) is 12.7. The number of nitrogens with two attached hydrogens (primary N) is 1. The zero-order valence-electron chi connectivity index (χ0n) is 26.0. The molecule has 2 aromatic rings. The molecule has 0 saturated heterocycles. The van der Waals surface area contributed by atoms with Crippen LogP contribution in [-0.4, -0.2) is 39.6 Å². The number of hydrogen-bond acceptors (Lipinski definition) is 3. The molecule has 4 heteroatoms. The van der Waals surface area contributed by atoms with E-state index in [1.54, 1.807) is 7.11 Å². The smallest absolute Gasteiger partial charge is 0.151 e. The highest BCUT2D eigenvalue weighted by Gasteiger charge is 2.42. The highest BCUT2D eigenvalue weighted by Crippen LogP contribution is 2.43. The van der Waals surface area contributed by atoms with Crippen molar-refractivity contribution in [1.82, 2.24) is 4.48 Å². The van der Waals surface area contributed by atoms with E-state index < -0.39 is 0 Å². The van der Waals surface area contributed by atoms with E-state index in [0.29, 0.717) is 6.54 Å². The van der Waals surface area contributed by atoms with Gasteiger partial charge in [0.1, 0.15) is 17.5 Å². The first kappa shape index (κ1) is 34.1. The Balaban J connectivity index is 0.000000354. The second kappa shape index (κ2) is 17.6. The average Bonchev–Trinajstić information content (AvgIpc) is 2.94. The number of nitrogens with zero attached hydrogens (tertiary/aromatic N) is 1. The summed E-state index contributed by atoms with van der Waals surface area (Å²) >= 11 is 0. The molecule has 0 aromatic heterocycles. The summed E-state index contributed by atoms with van der Waals surface area (Å²) < 4.78 is 6.01. The second-order valence-electron chi connectivity index (χ2n) is 10.1. The number of rotatable bonds is 7. The van der Waals surface area contributed by atoms with E-state index in [0.717, 1.165) is 46.2 Å². The molecule has 2 unspecified atom stereocenters. The van der Waals surface area contributed by atoms with Crippen molar-refractivity contribution in [1.29, 1.82) is 0 Å². The van der Waals surface area contributed by atoms with Crippen molar-refractivity contribution >= 4 is 17.5 Å². The van der Waals surface area contributed by atoms with Gasteiger partial charge in [-0.25, -0.2) is 0 Å². The zero-order valence-corrected chi connectivity index (χ0v) is 26.0. The van der Waals surface area contributed by atoms with Gasteiger partial charge in [-0.05, 0) is 56.7 Å². The second-order valence-corrected chi connectivity index (χ2v) is 10.1. The minimum atomic E-state index is 0.191. The highest BCUT2D eigenvalue weighted by atomic mass is 16.5. The van der Waals surface area contributed by atoms with E-state index >= 15 is 0 Å². The number of likely N-dealkylation sites (N-methyl/N-ethyl adjacent to an activating group) is 1. The number of fused-ring (bicyclic) bond motifs is 2. The molecule has 0 saturated carbocycles. The molecule has 2 aromatic carbocycles. The quantitative estimate of drug-likeness (QED) is 0.288. The normalized spacial score (nSPS) is 18.3. The Hall–Kier alpha value is -2.95. The van der Waals surface area contributed by atoms with Crippen molar-refractivity contribution < 1.29 is 9.53 Å². The fourth-order valence-electron chi connectivity index (χ4n) is 5.38. The van der Waals surface area contributed by atoms with Crippen LogP contribution in [-0.2, 0) is 4.79 Å². The van der Waals surface area contributed by atoms with E-state index in [2.05, 4.69) is 78.1 Å². The van der Waals surface area contributed by atoms with E-state index in [4.69, 9.17) is 10.5 Å². The number of unbranched alkanes of at least 4 members (excludes halogenated alkanes) is 2. The number of carbonyl (C=O) groups excluding carboxylic acids is 1. The summed E-state index contributed by atoms with van der Waals surface area (Å²) in [7, 11) is 3.95. The number of aryl methyl sites for hydroxylation is 3. The van der Waals surface area contributed by atoms with Crippen molar-refractivity contribution in [2.24, 2.45) is 5.73 Å². The largest absolute Gasteiger partial charge is 0.496 e. The Morgan fingerprint density at radius 2 is 1.59 bits per heavy atom. The standard InChI is InChI=1S/C18H21N2O.C10H14O.C5H12.C2H6/c1-20(12-6-11-19)17-9-4-2-7-14(17)16(13-21)15-8-3-5-10-18(15)20;1-7-5-8(2)10(11-4)9(3)6-7;1-3-5-4-2;1-2/h2-5,7-10,13,17H,6,11-12,19H2,1H3;5-6H,1-4H3;3-5H2,1-2H3;1-2H3/q+1;;;. The third-order valence-electron chi connectivity index (χ3n) is 7.13. The number of aldehydes is 1. The van der Waals surface area contributed by atoms with E-state index in [1.165, 1.54) is 41.6 Å². The van der Waals surface area contributed by atoms with Gasteiger partial charge in [-0.15, -0.1) is 0 Å². The first-order valence-corrected chi connectivity index (χ1v) is 14.6. The van der Waals surface area contributed by atoms with Gasteiger partial charge in [0.15, 0.2) is 6.29 Å². The molecule has 1 heterocycles. The molecule has 2 atom stereocenters. The fourth-order valence-corrected chi connectivity index (χ4v) is 5.38. The maximum absolute atomic E-state index is 11.7. The van der Waals surface area contributed by atoms with Gasteiger partial charge in [0, 0.05) is 23.1 Å². The Morgan fingerprint density at radius 1 is 0.974 bits per heavy atom. The lowest BCUT2D eigenvalue weighted by Gasteiger charge is -2.45. The van der Waals surface area contributed by atoms with Crippen LogP contribution in [0, 0.1) is 20.8 Å². The molecule has 1 aliphatic carbocycles. The topological polar surface area (TPSA) is 52.3 Å². The number of para-hydroxylation sites is 1. The lowest BCUT2D eigenvalue weighted by atomic mass is 9.84. The van der Waals surface area contributed by atoms with Crippen molar-refractivity contribution in [3.8, 4) is 5.75 Å². The summed E-state index contributed by atoms with van der Waals surface area (Å²) in [4.78, 5) is 11.7. The Kier molecular flexibility index (Phi) is 15.4. The maximum Gasteiger partial charge on any atom is 0.151 e. The predicted molar refractivity (Wildman–Crippen MR) is 172 cm³/mol. The number of ether oxygens (including phenoxy) is 1. The van der Waals surface area contributed by atoms with Crippen molar-refractivity contribution in [3.05, 3.63) is 88.5 Å². The molecule has 1 aliphatic heterocycles. The van der Waals surface area contributed by atoms with Crippen LogP contribution >= 0.6 is 0 Å². The molecule has 0 radical (unpaired) electrons. The summed E-state index contributed by atoms with van der Waals surface area (Å²) in [5.41, 5.74) is 13.7. The first-order valence-electron chi connectivity index (χ1n) is 14.6. The molecule has 0 fully saturated rings. The molecule has 2 aliphatic rings. The van der Waals surface area contributed by atoms with E-state index in [1.807, 2.05) is 38.1 Å². The summed E-state index contributed by atoms with van der Waals surface area (Å²) in [5.74, 6) is 1.01. The molecule has 2 N–H and O–H groups in total. The van der Waals surface area contributed by atoms with Gasteiger partial charge in [0.05, 0.1) is 20.7 Å². The van der Waals surface area contributed by atoms with Crippen molar-refractivity contribution in [3.63, 3.8) is 0 Å². The first-order chi connectivity index (χ1) is 18.8. The van der Waals surface area contributed by atoms with Gasteiger partial charge >= 0.3 is 0 Å². The predicted octanol–water partition coefficient (Wildman–Crippen LogP) is 8.28. The summed E-state index contributed by atoms with van der Waals surface area (Å²) in [6.07, 6.45) is 14.4. The van der Waals surface area contributed by atoms with Gasteiger partial charge in [-0.1, -0.05) is 95.0 Å². The number of benzene rings is 2. The molecular weight excluding hydrogens is 480 g/mol. The number of hydrogen-bond donors (Lipinski definition) is 1. The van der Waals surface area contributed by atoms with Crippen molar-refractivity contribution in [2.75, 3.05) is 27.2 Å². The SMILES string of the molecule is CC.CCCCC.COc1c(C)cc(C)cc1C.C[N+]1(CCCN)c2ccccc2C(C=O)=C2C=CC=CC21. The van der Waals surface area contributed by atoms with E-state index in [9.17, 15) is 4.79 Å². The van der Waals surface area contributed by atoms with Crippen LogP contribution in [0.25, 0.3) is 5.57 Å². The lowest BCUT2D eigenvalue weighted by molar-refractivity contribution is -0.103. The summed E-state index contributed by atoms with van der Waals surface area (Å²) in [5, 5.41) is 0. The monoisotopic (exact) mass is 533 g/mol. The van der Waals surface area contributed by atoms with Crippen LogP contribution in [0.2, 0.25) is 0 Å². The molecule has 4 nitrogen and oxygen atoms in total. The molecule has 0 amide bonds. The molecule has 0 spiro atoms. The number of methoxy groups -OCH3 is 1. The Bertz CT molecular complexity index is 1100. The average molecular weight is 534 g/mol. The minimum absolute atomic E-state index is 0.191. The van der Waals surface area contributed by atoms with Crippen LogP contribution in [0.5, 0.6) is 5.75 Å². The minimum Gasteiger partial charge on any atom is -0.496 e. The maximum atomic E-state index is 11.7. The molecule has 0 bridgehead atoms. The van der Waals surface area contributed by atoms with Gasteiger partial charge < -0.3 is 10.5 Å². The molecule has 39 heavy (non-hydrogen) atoms. The van der Waals surface area contributed by atoms with Crippen LogP contribution in [0.4, 0.5) is 5.69 Å². The summed E-state index contributed by atoms with van der Waals surface area (Å²) in [6.45, 7) is 16.3. The molecular formula is C35H53N2O2+.